The van der Waals surface area contributed by atoms with Crippen LogP contribution in [0.4, 0.5) is 0 Å². The second kappa shape index (κ2) is 8.82. The van der Waals surface area contributed by atoms with E-state index in [0.29, 0.717) is 13.2 Å². The van der Waals surface area contributed by atoms with E-state index >= 15 is 0 Å². The lowest BCUT2D eigenvalue weighted by molar-refractivity contribution is -0.123. The highest BCUT2D eigenvalue weighted by molar-refractivity contribution is 5.78. The number of ether oxygens (including phenoxy) is 1. The molecule has 0 saturated carbocycles. The van der Waals surface area contributed by atoms with Crippen LogP contribution in [0.25, 0.3) is 0 Å². The minimum atomic E-state index is 0.0583. The van der Waals surface area contributed by atoms with Crippen LogP contribution >= 0.6 is 0 Å². The average molecular weight is 306 g/mol. The zero-order chi connectivity index (χ0) is 15.8. The topological polar surface area (TPSA) is 57.7 Å². The maximum Gasteiger partial charge on any atom is 0.234 e. The van der Waals surface area contributed by atoms with Crippen molar-refractivity contribution in [2.45, 2.75) is 19.5 Å². The lowest BCUT2D eigenvalue weighted by atomic mass is 10.2. The lowest BCUT2D eigenvalue weighted by Gasteiger charge is -2.34. The standard InChI is InChI=1S/C16H26N4O2/c1-14(13-22-2)18-16(21)12-20-9-7-19(8-10-20)11-15-5-3-4-6-17-15/h3-6,14H,7-13H2,1-2H3,(H,18,21). The molecule has 0 radical (unpaired) electrons. The predicted octanol–water partition coefficient (Wildman–Crippen LogP) is 0.350. The summed E-state index contributed by atoms with van der Waals surface area (Å²) in [5.41, 5.74) is 1.10. The van der Waals surface area contributed by atoms with Gasteiger partial charge in [0.15, 0.2) is 0 Å². The fourth-order valence-corrected chi connectivity index (χ4v) is 2.64. The smallest absolute Gasteiger partial charge is 0.234 e. The number of hydrogen-bond acceptors (Lipinski definition) is 5. The second-order valence-electron chi connectivity index (χ2n) is 5.80. The SMILES string of the molecule is COCC(C)NC(=O)CN1CCN(Cc2ccccn2)CC1. The van der Waals surface area contributed by atoms with Crippen LogP contribution in [-0.2, 0) is 16.1 Å². The highest BCUT2D eigenvalue weighted by Gasteiger charge is 2.19. The Bertz CT molecular complexity index is 447. The molecule has 122 valence electrons. The summed E-state index contributed by atoms with van der Waals surface area (Å²) in [7, 11) is 1.64. The van der Waals surface area contributed by atoms with Gasteiger partial charge in [0.1, 0.15) is 0 Å². The Hall–Kier alpha value is -1.50. The molecular weight excluding hydrogens is 280 g/mol. The van der Waals surface area contributed by atoms with Crippen molar-refractivity contribution in [3.05, 3.63) is 30.1 Å². The van der Waals surface area contributed by atoms with Crippen molar-refractivity contribution in [3.63, 3.8) is 0 Å². The second-order valence-corrected chi connectivity index (χ2v) is 5.80. The third-order valence-electron chi connectivity index (χ3n) is 3.77. The Morgan fingerprint density at radius 1 is 1.32 bits per heavy atom. The van der Waals surface area contributed by atoms with Crippen molar-refractivity contribution < 1.29 is 9.53 Å². The first kappa shape index (κ1) is 16.9. The molecule has 6 heteroatoms. The van der Waals surface area contributed by atoms with Gasteiger partial charge in [0.2, 0.25) is 5.91 Å². The zero-order valence-corrected chi connectivity index (χ0v) is 13.5. The molecular formula is C16H26N4O2. The molecule has 1 aliphatic heterocycles. The maximum absolute atomic E-state index is 11.9. The molecule has 1 unspecified atom stereocenters. The molecule has 2 heterocycles. The number of carbonyl (C=O) groups is 1. The van der Waals surface area contributed by atoms with Crippen molar-refractivity contribution in [3.8, 4) is 0 Å². The van der Waals surface area contributed by atoms with Crippen LogP contribution in [0.1, 0.15) is 12.6 Å². The minimum absolute atomic E-state index is 0.0583. The summed E-state index contributed by atoms with van der Waals surface area (Å²) < 4.78 is 5.02. The first-order chi connectivity index (χ1) is 10.7. The largest absolute Gasteiger partial charge is 0.383 e. The molecule has 22 heavy (non-hydrogen) atoms. The van der Waals surface area contributed by atoms with E-state index < -0.39 is 0 Å². The molecule has 1 aromatic rings. The Balaban J connectivity index is 1.67. The van der Waals surface area contributed by atoms with Crippen molar-refractivity contribution in [2.75, 3.05) is 46.4 Å². The van der Waals surface area contributed by atoms with Gasteiger partial charge in [-0.3, -0.25) is 19.6 Å². The molecule has 6 nitrogen and oxygen atoms in total. The van der Waals surface area contributed by atoms with Gasteiger partial charge in [-0.25, -0.2) is 0 Å². The van der Waals surface area contributed by atoms with E-state index in [-0.39, 0.29) is 11.9 Å². The van der Waals surface area contributed by atoms with Crippen LogP contribution in [0, 0.1) is 0 Å². The summed E-state index contributed by atoms with van der Waals surface area (Å²) >= 11 is 0. The van der Waals surface area contributed by atoms with Crippen molar-refractivity contribution in [1.82, 2.24) is 20.1 Å². The van der Waals surface area contributed by atoms with Gasteiger partial charge in [0, 0.05) is 52.1 Å². The Morgan fingerprint density at radius 2 is 2.05 bits per heavy atom. The molecule has 2 rings (SSSR count). The number of piperazine rings is 1. The van der Waals surface area contributed by atoms with Crippen molar-refractivity contribution in [2.24, 2.45) is 0 Å². The number of pyridine rings is 1. The van der Waals surface area contributed by atoms with Crippen LogP contribution in [0.5, 0.6) is 0 Å². The fraction of sp³-hybridized carbons (Fsp3) is 0.625. The van der Waals surface area contributed by atoms with E-state index in [0.717, 1.165) is 38.4 Å². The van der Waals surface area contributed by atoms with Gasteiger partial charge >= 0.3 is 0 Å². The first-order valence-corrected chi connectivity index (χ1v) is 7.80. The number of aromatic nitrogens is 1. The average Bonchev–Trinajstić information content (AvgIpc) is 2.50. The summed E-state index contributed by atoms with van der Waals surface area (Å²) in [6.45, 7) is 7.61. The van der Waals surface area contributed by atoms with E-state index in [2.05, 4.69) is 26.2 Å². The number of methoxy groups -OCH3 is 1. The van der Waals surface area contributed by atoms with Gasteiger partial charge < -0.3 is 10.1 Å². The third-order valence-corrected chi connectivity index (χ3v) is 3.77. The van der Waals surface area contributed by atoms with Crippen molar-refractivity contribution >= 4 is 5.91 Å². The number of rotatable bonds is 7. The van der Waals surface area contributed by atoms with Crippen LogP contribution in [0.3, 0.4) is 0 Å². The molecule has 0 bridgehead atoms. The van der Waals surface area contributed by atoms with Gasteiger partial charge in [-0.1, -0.05) is 6.07 Å². The highest BCUT2D eigenvalue weighted by atomic mass is 16.5. The van der Waals surface area contributed by atoms with Gasteiger partial charge in [-0.15, -0.1) is 0 Å². The predicted molar refractivity (Wildman–Crippen MR) is 85.4 cm³/mol. The molecule has 1 amide bonds. The molecule has 1 fully saturated rings. The summed E-state index contributed by atoms with van der Waals surface area (Å²) in [5.74, 6) is 0.0720. The van der Waals surface area contributed by atoms with Crippen LogP contribution < -0.4 is 5.32 Å². The molecule has 0 aliphatic carbocycles. The lowest BCUT2D eigenvalue weighted by Crippen LogP contribution is -2.50. The fourth-order valence-electron chi connectivity index (χ4n) is 2.64. The number of carbonyl (C=O) groups excluding carboxylic acids is 1. The first-order valence-electron chi connectivity index (χ1n) is 7.80. The highest BCUT2D eigenvalue weighted by Crippen LogP contribution is 2.06. The van der Waals surface area contributed by atoms with Gasteiger partial charge in [-0.05, 0) is 19.1 Å². The molecule has 0 aromatic carbocycles. The van der Waals surface area contributed by atoms with Crippen molar-refractivity contribution in [1.29, 1.82) is 0 Å². The zero-order valence-electron chi connectivity index (χ0n) is 13.5. The molecule has 1 N–H and O–H groups in total. The summed E-state index contributed by atoms with van der Waals surface area (Å²) in [4.78, 5) is 20.9. The number of amides is 1. The van der Waals surface area contributed by atoms with Gasteiger partial charge in [-0.2, -0.15) is 0 Å². The van der Waals surface area contributed by atoms with E-state index in [9.17, 15) is 4.79 Å². The number of nitrogens with one attached hydrogen (secondary N) is 1. The molecule has 1 atom stereocenters. The third kappa shape index (κ3) is 5.71. The summed E-state index contributed by atoms with van der Waals surface area (Å²) in [5, 5.41) is 2.95. The molecule has 0 spiro atoms. The van der Waals surface area contributed by atoms with Crippen LogP contribution in [-0.4, -0.2) is 73.2 Å². The van der Waals surface area contributed by atoms with Gasteiger partial charge in [0.25, 0.3) is 0 Å². The van der Waals surface area contributed by atoms with Crippen LogP contribution in [0.2, 0.25) is 0 Å². The quantitative estimate of drug-likeness (QED) is 0.788. The van der Waals surface area contributed by atoms with E-state index in [4.69, 9.17) is 4.74 Å². The molecule has 1 aliphatic rings. The number of hydrogen-bond donors (Lipinski definition) is 1. The van der Waals surface area contributed by atoms with E-state index in [1.165, 1.54) is 0 Å². The maximum atomic E-state index is 11.9. The van der Waals surface area contributed by atoms with Crippen LogP contribution in [0.15, 0.2) is 24.4 Å². The monoisotopic (exact) mass is 306 g/mol. The summed E-state index contributed by atoms with van der Waals surface area (Å²) in [6.07, 6.45) is 1.83. The minimum Gasteiger partial charge on any atom is -0.383 e. The molecule has 1 saturated heterocycles. The van der Waals surface area contributed by atoms with E-state index in [1.807, 2.05) is 25.3 Å². The summed E-state index contributed by atoms with van der Waals surface area (Å²) in [6, 6.07) is 6.06. The Morgan fingerprint density at radius 3 is 2.68 bits per heavy atom. The van der Waals surface area contributed by atoms with Gasteiger partial charge in [0.05, 0.1) is 18.8 Å². The Labute approximate surface area is 132 Å². The Kier molecular flexibility index (Phi) is 6.76. The van der Waals surface area contributed by atoms with E-state index in [1.54, 1.807) is 7.11 Å². The normalized spacial score (nSPS) is 18.1. The number of nitrogens with zero attached hydrogens (tertiary/aromatic N) is 3. The molecule has 1 aromatic heterocycles.